The van der Waals surface area contributed by atoms with Crippen LogP contribution in [0, 0.1) is 6.92 Å². The normalized spacial score (nSPS) is 11.3. The third-order valence-electron chi connectivity index (χ3n) is 2.56. The van der Waals surface area contributed by atoms with E-state index in [0.29, 0.717) is 19.4 Å². The molecule has 0 spiro atoms. The molecule has 100 valence electrons. The lowest BCUT2D eigenvalue weighted by molar-refractivity contribution is -0.120. The van der Waals surface area contributed by atoms with Crippen LogP contribution in [0.5, 0.6) is 0 Å². The first kappa shape index (κ1) is 14.5. The lowest BCUT2D eigenvalue weighted by Crippen LogP contribution is -2.23. The number of oxazole rings is 1. The van der Waals surface area contributed by atoms with Gasteiger partial charge in [0.05, 0.1) is 5.69 Å². The fourth-order valence-corrected chi connectivity index (χ4v) is 1.48. The minimum absolute atomic E-state index is 0.00279. The first-order valence-electron chi connectivity index (χ1n) is 6.19. The highest BCUT2D eigenvalue weighted by atomic mass is 16.4. The SMILES string of the molecule is C=CCNC(=O)CCc1oc(C(C)(C)C)nc1C. The number of amides is 1. The van der Waals surface area contributed by atoms with E-state index in [1.165, 1.54) is 0 Å². The molecule has 1 aromatic rings. The van der Waals surface area contributed by atoms with Gasteiger partial charge in [0.15, 0.2) is 5.89 Å². The van der Waals surface area contributed by atoms with E-state index < -0.39 is 0 Å². The third kappa shape index (κ3) is 4.02. The molecule has 1 heterocycles. The molecule has 0 aliphatic heterocycles. The highest BCUT2D eigenvalue weighted by Crippen LogP contribution is 2.24. The Kier molecular flexibility index (Phi) is 4.70. The monoisotopic (exact) mass is 250 g/mol. The number of carbonyl (C=O) groups is 1. The molecule has 1 amide bonds. The molecule has 0 atom stereocenters. The smallest absolute Gasteiger partial charge is 0.220 e. The Labute approximate surface area is 108 Å². The van der Waals surface area contributed by atoms with Gasteiger partial charge in [0, 0.05) is 24.8 Å². The standard InChI is InChI=1S/C14H22N2O2/c1-6-9-15-12(17)8-7-11-10(2)16-13(18-11)14(3,4)5/h6H,1,7-9H2,2-5H3,(H,15,17). The summed E-state index contributed by atoms with van der Waals surface area (Å²) >= 11 is 0. The highest BCUT2D eigenvalue weighted by Gasteiger charge is 2.22. The van der Waals surface area contributed by atoms with Gasteiger partial charge >= 0.3 is 0 Å². The largest absolute Gasteiger partial charge is 0.445 e. The predicted molar refractivity (Wildman–Crippen MR) is 71.5 cm³/mol. The molecule has 1 aromatic heterocycles. The number of nitrogens with zero attached hydrogens (tertiary/aromatic N) is 1. The van der Waals surface area contributed by atoms with Gasteiger partial charge in [0.1, 0.15) is 5.76 Å². The van der Waals surface area contributed by atoms with Crippen molar-refractivity contribution >= 4 is 5.91 Å². The fourth-order valence-electron chi connectivity index (χ4n) is 1.48. The van der Waals surface area contributed by atoms with Crippen LogP contribution in [-0.4, -0.2) is 17.4 Å². The van der Waals surface area contributed by atoms with Gasteiger partial charge in [-0.25, -0.2) is 4.98 Å². The van der Waals surface area contributed by atoms with Gasteiger partial charge in [-0.2, -0.15) is 0 Å². The summed E-state index contributed by atoms with van der Waals surface area (Å²) < 4.78 is 5.72. The molecular formula is C14H22N2O2. The molecule has 0 saturated heterocycles. The molecule has 0 saturated carbocycles. The van der Waals surface area contributed by atoms with E-state index in [-0.39, 0.29) is 11.3 Å². The molecule has 0 bridgehead atoms. The van der Waals surface area contributed by atoms with E-state index in [2.05, 4.69) is 37.7 Å². The van der Waals surface area contributed by atoms with E-state index in [9.17, 15) is 4.79 Å². The maximum atomic E-state index is 11.5. The topological polar surface area (TPSA) is 55.1 Å². The van der Waals surface area contributed by atoms with Gasteiger partial charge in [-0.1, -0.05) is 26.8 Å². The summed E-state index contributed by atoms with van der Waals surface area (Å²) in [5.74, 6) is 1.53. The van der Waals surface area contributed by atoms with Gasteiger partial charge in [-0.05, 0) is 6.92 Å². The zero-order valence-corrected chi connectivity index (χ0v) is 11.7. The zero-order valence-electron chi connectivity index (χ0n) is 11.7. The van der Waals surface area contributed by atoms with Crippen molar-refractivity contribution in [3.05, 3.63) is 30.0 Å². The second kappa shape index (κ2) is 5.85. The van der Waals surface area contributed by atoms with E-state index in [1.807, 2.05) is 6.92 Å². The van der Waals surface area contributed by atoms with Crippen LogP contribution in [0.15, 0.2) is 17.1 Å². The summed E-state index contributed by atoms with van der Waals surface area (Å²) in [6, 6.07) is 0. The summed E-state index contributed by atoms with van der Waals surface area (Å²) in [6.07, 6.45) is 2.65. The molecule has 0 radical (unpaired) electrons. The van der Waals surface area contributed by atoms with Gasteiger partial charge in [-0.3, -0.25) is 4.79 Å². The molecule has 0 aromatic carbocycles. The average molecular weight is 250 g/mol. The van der Waals surface area contributed by atoms with Crippen LogP contribution in [0.25, 0.3) is 0 Å². The summed E-state index contributed by atoms with van der Waals surface area (Å²) in [6.45, 7) is 12.1. The van der Waals surface area contributed by atoms with Crippen LogP contribution < -0.4 is 5.32 Å². The van der Waals surface area contributed by atoms with Crippen LogP contribution in [0.3, 0.4) is 0 Å². The number of carbonyl (C=O) groups excluding carboxylic acids is 1. The van der Waals surface area contributed by atoms with Crippen LogP contribution in [0.2, 0.25) is 0 Å². The van der Waals surface area contributed by atoms with Gasteiger partial charge in [-0.15, -0.1) is 6.58 Å². The van der Waals surface area contributed by atoms with Crippen molar-refractivity contribution < 1.29 is 9.21 Å². The Morgan fingerprint density at radius 3 is 2.67 bits per heavy atom. The Morgan fingerprint density at radius 2 is 2.17 bits per heavy atom. The number of aromatic nitrogens is 1. The number of nitrogens with one attached hydrogen (secondary N) is 1. The van der Waals surface area contributed by atoms with E-state index >= 15 is 0 Å². The molecule has 1 rings (SSSR count). The molecule has 4 nitrogen and oxygen atoms in total. The Balaban J connectivity index is 2.60. The molecule has 4 heteroatoms. The number of hydrogen-bond acceptors (Lipinski definition) is 3. The lowest BCUT2D eigenvalue weighted by Gasteiger charge is -2.12. The fraction of sp³-hybridized carbons (Fsp3) is 0.571. The van der Waals surface area contributed by atoms with Crippen LogP contribution in [0.1, 0.15) is 44.5 Å². The predicted octanol–water partition coefficient (Wildman–Crippen LogP) is 2.52. The average Bonchev–Trinajstić information content (AvgIpc) is 2.65. The summed E-state index contributed by atoms with van der Waals surface area (Å²) in [5, 5.41) is 2.74. The van der Waals surface area contributed by atoms with Crippen molar-refractivity contribution in [3.63, 3.8) is 0 Å². The highest BCUT2D eigenvalue weighted by molar-refractivity contribution is 5.76. The minimum Gasteiger partial charge on any atom is -0.445 e. The number of aryl methyl sites for hydroxylation is 2. The molecule has 0 aliphatic rings. The van der Waals surface area contributed by atoms with Crippen molar-refractivity contribution in [3.8, 4) is 0 Å². The van der Waals surface area contributed by atoms with E-state index in [4.69, 9.17) is 4.42 Å². The lowest BCUT2D eigenvalue weighted by atomic mass is 9.97. The molecule has 0 fully saturated rings. The summed E-state index contributed by atoms with van der Waals surface area (Å²) in [7, 11) is 0. The first-order valence-corrected chi connectivity index (χ1v) is 6.19. The third-order valence-corrected chi connectivity index (χ3v) is 2.56. The van der Waals surface area contributed by atoms with E-state index in [1.54, 1.807) is 6.08 Å². The van der Waals surface area contributed by atoms with Crippen LogP contribution in [-0.2, 0) is 16.6 Å². The Morgan fingerprint density at radius 1 is 1.50 bits per heavy atom. The second-order valence-corrected chi connectivity index (χ2v) is 5.37. The van der Waals surface area contributed by atoms with Crippen molar-refractivity contribution in [2.75, 3.05) is 6.54 Å². The summed E-state index contributed by atoms with van der Waals surface area (Å²) in [4.78, 5) is 15.9. The Hall–Kier alpha value is -1.58. The number of hydrogen-bond donors (Lipinski definition) is 1. The van der Waals surface area contributed by atoms with Crippen molar-refractivity contribution in [2.24, 2.45) is 0 Å². The molecule has 18 heavy (non-hydrogen) atoms. The number of rotatable bonds is 5. The van der Waals surface area contributed by atoms with E-state index in [0.717, 1.165) is 17.3 Å². The second-order valence-electron chi connectivity index (χ2n) is 5.37. The van der Waals surface area contributed by atoms with Crippen molar-refractivity contribution in [2.45, 2.75) is 46.0 Å². The van der Waals surface area contributed by atoms with Gasteiger partial charge in [0.2, 0.25) is 5.91 Å². The minimum atomic E-state index is -0.103. The maximum absolute atomic E-state index is 11.5. The van der Waals surface area contributed by atoms with Gasteiger partial charge < -0.3 is 9.73 Å². The van der Waals surface area contributed by atoms with Crippen molar-refractivity contribution in [1.29, 1.82) is 0 Å². The quantitative estimate of drug-likeness (QED) is 0.817. The molecule has 1 N–H and O–H groups in total. The van der Waals surface area contributed by atoms with Crippen molar-refractivity contribution in [1.82, 2.24) is 10.3 Å². The van der Waals surface area contributed by atoms with Crippen LogP contribution in [0.4, 0.5) is 0 Å². The molecule has 0 aliphatic carbocycles. The Bertz CT molecular complexity index is 427. The summed E-state index contributed by atoms with van der Waals surface area (Å²) in [5.41, 5.74) is 0.769. The first-order chi connectivity index (χ1) is 8.34. The maximum Gasteiger partial charge on any atom is 0.220 e. The van der Waals surface area contributed by atoms with Crippen LogP contribution >= 0.6 is 0 Å². The molecule has 0 unspecified atom stereocenters. The zero-order chi connectivity index (χ0) is 13.8. The molecular weight excluding hydrogens is 228 g/mol. The van der Waals surface area contributed by atoms with Gasteiger partial charge in [0.25, 0.3) is 0 Å².